The van der Waals surface area contributed by atoms with Gasteiger partial charge in [0.15, 0.2) is 0 Å². The Bertz CT molecular complexity index is 785. The van der Waals surface area contributed by atoms with Crippen LogP contribution in [-0.4, -0.2) is 22.3 Å². The largest absolute Gasteiger partial charge is 0.376 e. The third-order valence-electron chi connectivity index (χ3n) is 3.74. The van der Waals surface area contributed by atoms with Gasteiger partial charge in [0.2, 0.25) is 5.91 Å². The molecule has 0 aliphatic heterocycles. The second-order valence-corrected chi connectivity index (χ2v) is 5.70. The van der Waals surface area contributed by atoms with Gasteiger partial charge >= 0.3 is 0 Å². The molecule has 0 fully saturated rings. The minimum absolute atomic E-state index is 0.0807. The lowest BCUT2D eigenvalue weighted by atomic mass is 10.2. The summed E-state index contributed by atoms with van der Waals surface area (Å²) in [6.07, 6.45) is 1.99. The quantitative estimate of drug-likeness (QED) is 0.641. The van der Waals surface area contributed by atoms with E-state index in [0.29, 0.717) is 32.0 Å². The summed E-state index contributed by atoms with van der Waals surface area (Å²) in [7, 11) is 0. The summed E-state index contributed by atoms with van der Waals surface area (Å²) in [6, 6.07) is 21.7. The highest BCUT2D eigenvalue weighted by Crippen LogP contribution is 2.10. The fourth-order valence-corrected chi connectivity index (χ4v) is 2.46. The third-order valence-corrected chi connectivity index (χ3v) is 3.74. The summed E-state index contributed by atoms with van der Waals surface area (Å²) < 4.78 is 7.33. The summed E-state index contributed by atoms with van der Waals surface area (Å²) >= 11 is 0. The molecule has 128 valence electrons. The minimum Gasteiger partial charge on any atom is -0.376 e. The van der Waals surface area contributed by atoms with Crippen molar-refractivity contribution in [2.75, 3.05) is 11.9 Å². The molecule has 0 saturated heterocycles. The maximum absolute atomic E-state index is 12.1. The molecule has 1 amide bonds. The molecule has 0 radical (unpaired) electrons. The van der Waals surface area contributed by atoms with Gasteiger partial charge in [0.25, 0.3) is 0 Å². The zero-order valence-electron chi connectivity index (χ0n) is 14.0. The number of hydrogen-bond acceptors (Lipinski definition) is 3. The van der Waals surface area contributed by atoms with Crippen molar-refractivity contribution >= 4 is 11.7 Å². The van der Waals surface area contributed by atoms with Crippen molar-refractivity contribution in [3.05, 3.63) is 84.1 Å². The van der Waals surface area contributed by atoms with Crippen LogP contribution in [0.15, 0.2) is 72.9 Å². The summed E-state index contributed by atoms with van der Waals surface area (Å²) in [5.41, 5.74) is 2.23. The van der Waals surface area contributed by atoms with Gasteiger partial charge in [-0.3, -0.25) is 4.79 Å². The van der Waals surface area contributed by atoms with E-state index in [4.69, 9.17) is 4.74 Å². The standard InChI is InChI=1S/C20H21N3O2/c24-20(12-14-25-16-18-9-5-2-6-10-18)22-19-11-13-21-23(19)15-17-7-3-1-4-8-17/h1-11,13H,12,14-16H2,(H,22,24). The maximum Gasteiger partial charge on any atom is 0.227 e. The number of amides is 1. The van der Waals surface area contributed by atoms with Crippen LogP contribution in [0.1, 0.15) is 17.5 Å². The molecular formula is C20H21N3O2. The number of nitrogens with zero attached hydrogens (tertiary/aromatic N) is 2. The van der Waals surface area contributed by atoms with Gasteiger partial charge in [0.1, 0.15) is 5.82 Å². The Labute approximate surface area is 147 Å². The molecule has 0 aliphatic rings. The molecule has 1 heterocycles. The molecule has 0 atom stereocenters. The normalized spacial score (nSPS) is 10.6. The van der Waals surface area contributed by atoms with E-state index >= 15 is 0 Å². The number of aromatic nitrogens is 2. The van der Waals surface area contributed by atoms with E-state index in [1.54, 1.807) is 16.9 Å². The molecule has 3 aromatic rings. The Balaban J connectivity index is 1.44. The monoisotopic (exact) mass is 335 g/mol. The van der Waals surface area contributed by atoms with Gasteiger partial charge in [0, 0.05) is 6.07 Å². The first-order valence-electron chi connectivity index (χ1n) is 8.28. The Morgan fingerprint density at radius 1 is 0.960 bits per heavy atom. The van der Waals surface area contributed by atoms with Crippen LogP contribution in [-0.2, 0) is 22.7 Å². The van der Waals surface area contributed by atoms with Crippen molar-refractivity contribution < 1.29 is 9.53 Å². The van der Waals surface area contributed by atoms with E-state index in [1.807, 2.05) is 60.7 Å². The van der Waals surface area contributed by atoms with Crippen molar-refractivity contribution in [1.29, 1.82) is 0 Å². The molecule has 2 aromatic carbocycles. The average Bonchev–Trinajstić information content (AvgIpc) is 3.07. The van der Waals surface area contributed by atoms with Crippen LogP contribution in [0.3, 0.4) is 0 Å². The number of nitrogens with one attached hydrogen (secondary N) is 1. The lowest BCUT2D eigenvalue weighted by molar-refractivity contribution is -0.117. The lowest BCUT2D eigenvalue weighted by Crippen LogP contribution is -2.17. The zero-order chi connectivity index (χ0) is 17.3. The summed E-state index contributed by atoms with van der Waals surface area (Å²) in [6.45, 7) is 1.52. The van der Waals surface area contributed by atoms with E-state index in [-0.39, 0.29) is 5.91 Å². The second-order valence-electron chi connectivity index (χ2n) is 5.70. The van der Waals surface area contributed by atoms with Gasteiger partial charge in [-0.2, -0.15) is 5.10 Å². The highest BCUT2D eigenvalue weighted by atomic mass is 16.5. The van der Waals surface area contributed by atoms with Crippen molar-refractivity contribution in [1.82, 2.24) is 9.78 Å². The topological polar surface area (TPSA) is 56.1 Å². The molecule has 0 bridgehead atoms. The fraction of sp³-hybridized carbons (Fsp3) is 0.200. The van der Waals surface area contributed by atoms with Crippen molar-refractivity contribution in [2.24, 2.45) is 0 Å². The van der Waals surface area contributed by atoms with Crippen LogP contribution in [0.25, 0.3) is 0 Å². The van der Waals surface area contributed by atoms with Gasteiger partial charge in [-0.05, 0) is 11.1 Å². The molecule has 0 aliphatic carbocycles. The van der Waals surface area contributed by atoms with Crippen LogP contribution in [0.2, 0.25) is 0 Å². The van der Waals surface area contributed by atoms with E-state index in [0.717, 1.165) is 11.1 Å². The maximum atomic E-state index is 12.1. The van der Waals surface area contributed by atoms with Crippen molar-refractivity contribution in [3.63, 3.8) is 0 Å². The van der Waals surface area contributed by atoms with Gasteiger partial charge in [-0.1, -0.05) is 60.7 Å². The minimum atomic E-state index is -0.0807. The first-order valence-corrected chi connectivity index (χ1v) is 8.28. The molecular weight excluding hydrogens is 314 g/mol. The molecule has 3 rings (SSSR count). The zero-order valence-corrected chi connectivity index (χ0v) is 14.0. The van der Waals surface area contributed by atoms with E-state index < -0.39 is 0 Å². The molecule has 5 heteroatoms. The van der Waals surface area contributed by atoms with Crippen molar-refractivity contribution in [3.8, 4) is 0 Å². The van der Waals surface area contributed by atoms with Gasteiger partial charge in [-0.25, -0.2) is 4.68 Å². The summed E-state index contributed by atoms with van der Waals surface area (Å²) in [5, 5.41) is 7.16. The lowest BCUT2D eigenvalue weighted by Gasteiger charge is -2.09. The predicted molar refractivity (Wildman–Crippen MR) is 97.1 cm³/mol. The van der Waals surface area contributed by atoms with Crippen LogP contribution < -0.4 is 5.32 Å². The average molecular weight is 335 g/mol. The second kappa shape index (κ2) is 8.80. The molecule has 1 N–H and O–H groups in total. The number of ether oxygens (including phenoxy) is 1. The van der Waals surface area contributed by atoms with E-state index in [2.05, 4.69) is 10.4 Å². The van der Waals surface area contributed by atoms with Crippen LogP contribution >= 0.6 is 0 Å². The summed E-state index contributed by atoms with van der Waals surface area (Å²) in [4.78, 5) is 12.1. The number of carbonyl (C=O) groups excluding carboxylic acids is 1. The Kier molecular flexibility index (Phi) is 5.96. The molecule has 5 nitrogen and oxygen atoms in total. The van der Waals surface area contributed by atoms with E-state index in [1.165, 1.54) is 0 Å². The smallest absolute Gasteiger partial charge is 0.227 e. The van der Waals surface area contributed by atoms with Crippen LogP contribution in [0.4, 0.5) is 5.82 Å². The predicted octanol–water partition coefficient (Wildman–Crippen LogP) is 3.48. The van der Waals surface area contributed by atoms with Gasteiger partial charge in [0.05, 0.1) is 32.4 Å². The highest BCUT2D eigenvalue weighted by molar-refractivity contribution is 5.89. The van der Waals surface area contributed by atoms with Crippen LogP contribution in [0.5, 0.6) is 0 Å². The number of rotatable bonds is 8. The van der Waals surface area contributed by atoms with Crippen molar-refractivity contribution in [2.45, 2.75) is 19.6 Å². The number of carbonyl (C=O) groups is 1. The Morgan fingerprint density at radius 3 is 2.36 bits per heavy atom. The first kappa shape index (κ1) is 16.9. The highest BCUT2D eigenvalue weighted by Gasteiger charge is 2.08. The SMILES string of the molecule is O=C(CCOCc1ccccc1)Nc1ccnn1Cc1ccccc1. The summed E-state index contributed by atoms with van der Waals surface area (Å²) in [5.74, 6) is 0.611. The number of benzene rings is 2. The fourth-order valence-electron chi connectivity index (χ4n) is 2.46. The molecule has 25 heavy (non-hydrogen) atoms. The van der Waals surface area contributed by atoms with Gasteiger partial charge in [-0.15, -0.1) is 0 Å². The number of hydrogen-bond donors (Lipinski definition) is 1. The van der Waals surface area contributed by atoms with Crippen LogP contribution in [0, 0.1) is 0 Å². The Hall–Kier alpha value is -2.92. The molecule has 0 unspecified atom stereocenters. The number of anilines is 1. The molecule has 1 aromatic heterocycles. The first-order chi connectivity index (χ1) is 12.3. The third kappa shape index (κ3) is 5.29. The molecule has 0 spiro atoms. The Morgan fingerprint density at radius 2 is 1.64 bits per heavy atom. The van der Waals surface area contributed by atoms with E-state index in [9.17, 15) is 4.79 Å². The van der Waals surface area contributed by atoms with Gasteiger partial charge < -0.3 is 10.1 Å². The molecule has 0 saturated carbocycles.